The van der Waals surface area contributed by atoms with Crippen molar-refractivity contribution in [2.75, 3.05) is 39.3 Å². The second-order valence-corrected chi connectivity index (χ2v) is 8.91. The van der Waals surface area contributed by atoms with E-state index >= 15 is 0 Å². The molecule has 3 aliphatic heterocycles. The van der Waals surface area contributed by atoms with Gasteiger partial charge < -0.3 is 14.7 Å². The first-order valence-corrected chi connectivity index (χ1v) is 10.8. The normalized spacial score (nSPS) is 24.3. The third-order valence-corrected chi connectivity index (χ3v) is 6.46. The fourth-order valence-electron chi connectivity index (χ4n) is 4.84. The Morgan fingerprint density at radius 3 is 2.00 bits per heavy atom. The van der Waals surface area contributed by atoms with Crippen LogP contribution in [0.3, 0.4) is 0 Å². The van der Waals surface area contributed by atoms with E-state index in [1.807, 2.05) is 0 Å². The lowest BCUT2D eigenvalue weighted by molar-refractivity contribution is -0.139. The Morgan fingerprint density at radius 2 is 1.42 bits per heavy atom. The molecule has 0 aliphatic carbocycles. The van der Waals surface area contributed by atoms with Gasteiger partial charge in [0.15, 0.2) is 0 Å². The smallest absolute Gasteiger partial charge is 0.225 e. The highest BCUT2D eigenvalue weighted by Crippen LogP contribution is 2.26. The van der Waals surface area contributed by atoms with Crippen molar-refractivity contribution in [3.8, 4) is 0 Å². The maximum absolute atomic E-state index is 12.7. The van der Waals surface area contributed by atoms with Gasteiger partial charge >= 0.3 is 0 Å². The quantitative estimate of drug-likeness (QED) is 0.771. The van der Waals surface area contributed by atoms with Crippen LogP contribution >= 0.6 is 0 Å². The van der Waals surface area contributed by atoms with E-state index in [9.17, 15) is 9.59 Å². The number of nitrogens with zero attached hydrogens (tertiary/aromatic N) is 3. The van der Waals surface area contributed by atoms with E-state index in [2.05, 4.69) is 28.5 Å². The summed E-state index contributed by atoms with van der Waals surface area (Å²) < 4.78 is 0. The van der Waals surface area contributed by atoms with Crippen LogP contribution in [0.1, 0.15) is 65.2 Å². The molecule has 0 saturated carbocycles. The van der Waals surface area contributed by atoms with Gasteiger partial charge in [-0.3, -0.25) is 9.59 Å². The molecule has 26 heavy (non-hydrogen) atoms. The van der Waals surface area contributed by atoms with Crippen LogP contribution in [-0.4, -0.2) is 71.8 Å². The summed E-state index contributed by atoms with van der Waals surface area (Å²) in [5.41, 5.74) is 0. The summed E-state index contributed by atoms with van der Waals surface area (Å²) in [5, 5.41) is 0. The molecule has 3 fully saturated rings. The molecule has 5 heteroatoms. The van der Waals surface area contributed by atoms with Crippen LogP contribution in [0.25, 0.3) is 0 Å². The SMILES string of the molecule is CC(C)CC(=O)N1CCC(N2CCC(C(=O)N3CCCCC3)CC2)CC1. The predicted octanol–water partition coefficient (Wildman–Crippen LogP) is 2.75. The maximum Gasteiger partial charge on any atom is 0.225 e. The largest absolute Gasteiger partial charge is 0.343 e. The van der Waals surface area contributed by atoms with Crippen LogP contribution in [0, 0.1) is 11.8 Å². The van der Waals surface area contributed by atoms with Crippen molar-refractivity contribution in [1.29, 1.82) is 0 Å². The lowest BCUT2D eigenvalue weighted by atomic mass is 9.91. The van der Waals surface area contributed by atoms with E-state index in [1.165, 1.54) is 19.3 Å². The van der Waals surface area contributed by atoms with Gasteiger partial charge in [0.05, 0.1) is 0 Å². The number of carbonyl (C=O) groups is 2. The second kappa shape index (κ2) is 9.20. The van der Waals surface area contributed by atoms with Gasteiger partial charge in [-0.1, -0.05) is 13.8 Å². The number of piperidine rings is 3. The molecule has 2 amide bonds. The van der Waals surface area contributed by atoms with Crippen LogP contribution in [0.2, 0.25) is 0 Å². The standard InChI is InChI=1S/C21H37N3O2/c1-17(2)16-20(25)23-14-8-19(9-15-23)22-12-6-18(7-13-22)21(26)24-10-4-3-5-11-24/h17-19H,3-16H2,1-2H3. The highest BCUT2D eigenvalue weighted by atomic mass is 16.2. The minimum atomic E-state index is 0.247. The van der Waals surface area contributed by atoms with E-state index in [1.54, 1.807) is 0 Å². The van der Waals surface area contributed by atoms with E-state index in [0.29, 0.717) is 30.2 Å². The minimum absolute atomic E-state index is 0.247. The van der Waals surface area contributed by atoms with Crippen molar-refractivity contribution in [3.05, 3.63) is 0 Å². The average Bonchev–Trinajstić information content (AvgIpc) is 2.68. The van der Waals surface area contributed by atoms with Crippen LogP contribution in [0.5, 0.6) is 0 Å². The van der Waals surface area contributed by atoms with E-state index in [4.69, 9.17) is 0 Å². The summed E-state index contributed by atoms with van der Waals surface area (Å²) in [5.74, 6) is 1.43. The molecule has 0 unspecified atom stereocenters. The summed E-state index contributed by atoms with van der Waals surface area (Å²) in [6.07, 6.45) is 8.53. The van der Waals surface area contributed by atoms with Gasteiger partial charge in [-0.2, -0.15) is 0 Å². The highest BCUT2D eigenvalue weighted by Gasteiger charge is 2.33. The molecular formula is C21H37N3O2. The third-order valence-electron chi connectivity index (χ3n) is 6.46. The van der Waals surface area contributed by atoms with Gasteiger partial charge in [-0.25, -0.2) is 0 Å². The van der Waals surface area contributed by atoms with E-state index in [0.717, 1.165) is 65.0 Å². The Bertz CT molecular complexity index is 472. The Labute approximate surface area is 159 Å². The van der Waals surface area contributed by atoms with Crippen molar-refractivity contribution in [2.24, 2.45) is 11.8 Å². The predicted molar refractivity (Wildman–Crippen MR) is 104 cm³/mol. The fraction of sp³-hybridized carbons (Fsp3) is 0.905. The van der Waals surface area contributed by atoms with E-state index in [-0.39, 0.29) is 5.92 Å². The molecule has 0 aromatic carbocycles. The summed E-state index contributed by atoms with van der Waals surface area (Å²) in [7, 11) is 0. The van der Waals surface area contributed by atoms with E-state index < -0.39 is 0 Å². The number of carbonyl (C=O) groups excluding carboxylic acids is 2. The molecule has 3 rings (SSSR count). The molecule has 0 aromatic rings. The molecule has 148 valence electrons. The fourth-order valence-corrected chi connectivity index (χ4v) is 4.84. The van der Waals surface area contributed by atoms with Crippen LogP contribution in [-0.2, 0) is 9.59 Å². The molecule has 3 aliphatic rings. The van der Waals surface area contributed by atoms with Gasteiger partial charge in [0.25, 0.3) is 0 Å². The molecule has 0 spiro atoms. The number of amides is 2. The first-order valence-electron chi connectivity index (χ1n) is 10.8. The average molecular weight is 364 g/mol. The number of likely N-dealkylation sites (tertiary alicyclic amines) is 3. The number of hydrogen-bond acceptors (Lipinski definition) is 3. The summed E-state index contributed by atoms with van der Waals surface area (Å²) >= 11 is 0. The van der Waals surface area contributed by atoms with Crippen LogP contribution in [0.15, 0.2) is 0 Å². The van der Waals surface area contributed by atoms with Gasteiger partial charge in [-0.15, -0.1) is 0 Å². The molecule has 0 bridgehead atoms. The highest BCUT2D eigenvalue weighted by molar-refractivity contribution is 5.79. The molecule has 3 heterocycles. The number of hydrogen-bond donors (Lipinski definition) is 0. The van der Waals surface area contributed by atoms with Gasteiger partial charge in [0.1, 0.15) is 0 Å². The van der Waals surface area contributed by atoms with Crippen molar-refractivity contribution in [1.82, 2.24) is 14.7 Å². The van der Waals surface area contributed by atoms with Crippen LogP contribution < -0.4 is 0 Å². The van der Waals surface area contributed by atoms with Crippen LogP contribution in [0.4, 0.5) is 0 Å². The zero-order chi connectivity index (χ0) is 18.5. The maximum atomic E-state index is 12.7. The zero-order valence-corrected chi connectivity index (χ0v) is 16.8. The van der Waals surface area contributed by atoms with Crippen molar-refractivity contribution < 1.29 is 9.59 Å². The lowest BCUT2D eigenvalue weighted by Gasteiger charge is -2.42. The molecular weight excluding hydrogens is 326 g/mol. The third kappa shape index (κ3) is 4.99. The molecule has 0 aromatic heterocycles. The van der Waals surface area contributed by atoms with Gasteiger partial charge in [0, 0.05) is 44.6 Å². The Kier molecular flexibility index (Phi) is 6.96. The van der Waals surface area contributed by atoms with Crippen molar-refractivity contribution in [2.45, 2.75) is 71.3 Å². The summed E-state index contributed by atoms with van der Waals surface area (Å²) in [4.78, 5) is 31.7. The first-order chi connectivity index (χ1) is 12.5. The Hall–Kier alpha value is -1.10. The van der Waals surface area contributed by atoms with Crippen molar-refractivity contribution in [3.63, 3.8) is 0 Å². The minimum Gasteiger partial charge on any atom is -0.343 e. The topological polar surface area (TPSA) is 43.9 Å². The second-order valence-electron chi connectivity index (χ2n) is 8.91. The Morgan fingerprint density at radius 1 is 0.808 bits per heavy atom. The summed E-state index contributed by atoms with van der Waals surface area (Å²) in [6.45, 7) is 10.1. The molecule has 0 radical (unpaired) electrons. The number of rotatable bonds is 4. The van der Waals surface area contributed by atoms with Gasteiger partial charge in [0.2, 0.25) is 11.8 Å². The molecule has 0 N–H and O–H groups in total. The first kappa shape index (κ1) is 19.7. The summed E-state index contributed by atoms with van der Waals surface area (Å²) in [6, 6.07) is 0.601. The van der Waals surface area contributed by atoms with Gasteiger partial charge in [-0.05, 0) is 64.0 Å². The zero-order valence-electron chi connectivity index (χ0n) is 16.8. The monoisotopic (exact) mass is 363 g/mol. The van der Waals surface area contributed by atoms with Crippen molar-refractivity contribution >= 4 is 11.8 Å². The Balaban J connectivity index is 1.40. The molecule has 0 atom stereocenters. The lowest BCUT2D eigenvalue weighted by Crippen LogP contribution is -2.50. The molecule has 5 nitrogen and oxygen atoms in total. The molecule has 3 saturated heterocycles.